The van der Waals surface area contributed by atoms with Crippen molar-refractivity contribution in [3.05, 3.63) is 23.9 Å². The molecule has 1 aromatic rings. The number of hydrogen-bond acceptors (Lipinski definition) is 6. The summed E-state index contributed by atoms with van der Waals surface area (Å²) in [6, 6.07) is 3.40. The Morgan fingerprint density at radius 1 is 1.19 bits per heavy atom. The van der Waals surface area contributed by atoms with E-state index in [1.165, 1.54) is 0 Å². The SMILES string of the molecule is CC1CCC2(CC1)NC(=O)N(CC(=O)NCc1ccc(N3CC(C)OC(C)C3)nc1)C2=O. The average Bonchev–Trinajstić information content (AvgIpc) is 2.98. The van der Waals surface area contributed by atoms with E-state index in [-0.39, 0.29) is 37.1 Å². The number of carbonyl (C=O) groups excluding carboxylic acids is 3. The molecule has 2 atom stereocenters. The zero-order valence-corrected chi connectivity index (χ0v) is 19.1. The maximum atomic E-state index is 12.9. The van der Waals surface area contributed by atoms with Crippen LogP contribution in [0.15, 0.2) is 18.3 Å². The standard InChI is InChI=1S/C23H33N5O4/c1-15-6-8-23(9-7-15)21(30)28(22(31)26-23)14-20(29)25-11-18-4-5-19(24-10-18)27-12-16(2)32-17(3)13-27/h4-5,10,15-17H,6-9,11-14H2,1-3H3,(H,25,29)(H,26,31). The van der Waals surface area contributed by atoms with Crippen molar-refractivity contribution in [1.82, 2.24) is 20.5 Å². The first-order valence-corrected chi connectivity index (χ1v) is 11.5. The van der Waals surface area contributed by atoms with E-state index in [9.17, 15) is 14.4 Å². The van der Waals surface area contributed by atoms with Crippen molar-refractivity contribution < 1.29 is 19.1 Å². The molecular weight excluding hydrogens is 410 g/mol. The second-order valence-electron chi connectivity index (χ2n) is 9.55. The van der Waals surface area contributed by atoms with Gasteiger partial charge in [-0.1, -0.05) is 13.0 Å². The number of rotatable bonds is 5. The molecule has 3 aliphatic rings. The van der Waals surface area contributed by atoms with Gasteiger partial charge < -0.3 is 20.3 Å². The minimum Gasteiger partial charge on any atom is -0.372 e. The van der Waals surface area contributed by atoms with Crippen LogP contribution in [0.1, 0.15) is 52.0 Å². The van der Waals surface area contributed by atoms with E-state index in [2.05, 4.69) is 41.3 Å². The molecule has 4 amide bonds. The minimum atomic E-state index is -0.821. The molecule has 1 saturated carbocycles. The van der Waals surface area contributed by atoms with Crippen LogP contribution in [0.25, 0.3) is 0 Å². The maximum absolute atomic E-state index is 12.9. The largest absolute Gasteiger partial charge is 0.372 e. The van der Waals surface area contributed by atoms with Gasteiger partial charge in [0.1, 0.15) is 17.9 Å². The summed E-state index contributed by atoms with van der Waals surface area (Å²) in [6.07, 6.45) is 5.12. The van der Waals surface area contributed by atoms with Gasteiger partial charge in [-0.25, -0.2) is 9.78 Å². The Morgan fingerprint density at radius 3 is 2.50 bits per heavy atom. The van der Waals surface area contributed by atoms with Gasteiger partial charge in [-0.3, -0.25) is 14.5 Å². The Kier molecular flexibility index (Phi) is 6.37. The van der Waals surface area contributed by atoms with E-state index >= 15 is 0 Å². The molecule has 9 nitrogen and oxygen atoms in total. The van der Waals surface area contributed by atoms with E-state index in [0.717, 1.165) is 42.2 Å². The first-order chi connectivity index (χ1) is 15.3. The number of nitrogens with one attached hydrogen (secondary N) is 2. The number of ether oxygens (including phenoxy) is 1. The van der Waals surface area contributed by atoms with Gasteiger partial charge in [0.2, 0.25) is 5.91 Å². The fraction of sp³-hybridized carbons (Fsp3) is 0.652. The molecule has 4 rings (SSSR count). The molecule has 0 bridgehead atoms. The van der Waals surface area contributed by atoms with Crippen LogP contribution in [0.2, 0.25) is 0 Å². The molecule has 0 radical (unpaired) electrons. The lowest BCUT2D eigenvalue weighted by atomic mass is 9.77. The number of imide groups is 1. The van der Waals surface area contributed by atoms with Gasteiger partial charge in [0.05, 0.1) is 12.2 Å². The first kappa shape index (κ1) is 22.5. The molecule has 2 unspecified atom stereocenters. The molecule has 0 aromatic carbocycles. The van der Waals surface area contributed by atoms with E-state index in [1.54, 1.807) is 6.20 Å². The highest BCUT2D eigenvalue weighted by Crippen LogP contribution is 2.36. The molecule has 3 fully saturated rings. The van der Waals surface area contributed by atoms with Gasteiger partial charge in [0.25, 0.3) is 5.91 Å². The molecule has 1 aromatic heterocycles. The molecule has 2 N–H and O–H groups in total. The Morgan fingerprint density at radius 2 is 1.88 bits per heavy atom. The third-order valence-electron chi connectivity index (χ3n) is 6.72. The second-order valence-corrected chi connectivity index (χ2v) is 9.55. The van der Waals surface area contributed by atoms with Crippen LogP contribution in [0.5, 0.6) is 0 Å². The summed E-state index contributed by atoms with van der Waals surface area (Å²) in [7, 11) is 0. The molecule has 2 saturated heterocycles. The van der Waals surface area contributed by atoms with E-state index < -0.39 is 11.6 Å². The highest BCUT2D eigenvalue weighted by atomic mass is 16.5. The summed E-state index contributed by atoms with van der Waals surface area (Å²) in [5.74, 6) is 0.797. The zero-order chi connectivity index (χ0) is 22.9. The Labute approximate surface area is 188 Å². The van der Waals surface area contributed by atoms with Crippen LogP contribution in [0, 0.1) is 5.92 Å². The number of morpholine rings is 1. The van der Waals surface area contributed by atoms with Gasteiger partial charge in [-0.15, -0.1) is 0 Å². The number of carbonyl (C=O) groups is 3. The van der Waals surface area contributed by atoms with Gasteiger partial charge in [0.15, 0.2) is 0 Å². The minimum absolute atomic E-state index is 0.154. The molecule has 9 heteroatoms. The third-order valence-corrected chi connectivity index (χ3v) is 6.72. The van der Waals surface area contributed by atoms with Crippen molar-refractivity contribution in [2.45, 2.75) is 70.7 Å². The van der Waals surface area contributed by atoms with E-state index in [1.807, 2.05) is 12.1 Å². The number of urea groups is 1. The number of anilines is 1. The number of nitrogens with zero attached hydrogens (tertiary/aromatic N) is 3. The molecule has 2 aliphatic heterocycles. The summed E-state index contributed by atoms with van der Waals surface area (Å²) in [6.45, 7) is 7.86. The molecule has 1 aliphatic carbocycles. The van der Waals surface area contributed by atoms with Crippen LogP contribution in [0.4, 0.5) is 10.6 Å². The summed E-state index contributed by atoms with van der Waals surface area (Å²) in [5.41, 5.74) is 0.0318. The van der Waals surface area contributed by atoms with Crippen LogP contribution in [-0.4, -0.2) is 65.1 Å². The van der Waals surface area contributed by atoms with Crippen molar-refractivity contribution in [2.24, 2.45) is 5.92 Å². The fourth-order valence-corrected chi connectivity index (χ4v) is 4.89. The van der Waals surface area contributed by atoms with Gasteiger partial charge in [-0.05, 0) is 57.1 Å². The Balaban J connectivity index is 1.29. The van der Waals surface area contributed by atoms with Crippen molar-refractivity contribution in [3.8, 4) is 0 Å². The second kappa shape index (κ2) is 9.05. The summed E-state index contributed by atoms with van der Waals surface area (Å²) in [5, 5.41) is 5.64. The lowest BCUT2D eigenvalue weighted by Crippen LogP contribution is -2.49. The highest BCUT2D eigenvalue weighted by Gasteiger charge is 2.52. The average molecular weight is 444 g/mol. The Hall–Kier alpha value is -2.68. The van der Waals surface area contributed by atoms with Crippen molar-refractivity contribution in [3.63, 3.8) is 0 Å². The molecule has 174 valence electrons. The third kappa shape index (κ3) is 4.72. The quantitative estimate of drug-likeness (QED) is 0.673. The normalized spacial score (nSPS) is 30.5. The highest BCUT2D eigenvalue weighted by molar-refractivity contribution is 6.09. The van der Waals surface area contributed by atoms with Crippen LogP contribution < -0.4 is 15.5 Å². The smallest absolute Gasteiger partial charge is 0.325 e. The topological polar surface area (TPSA) is 104 Å². The van der Waals surface area contributed by atoms with Gasteiger partial charge in [-0.2, -0.15) is 0 Å². The van der Waals surface area contributed by atoms with Gasteiger partial charge in [0, 0.05) is 25.8 Å². The summed E-state index contributed by atoms with van der Waals surface area (Å²) < 4.78 is 5.76. The predicted molar refractivity (Wildman–Crippen MR) is 119 cm³/mol. The summed E-state index contributed by atoms with van der Waals surface area (Å²) >= 11 is 0. The number of amides is 4. The van der Waals surface area contributed by atoms with Crippen molar-refractivity contribution in [2.75, 3.05) is 24.5 Å². The Bertz CT molecular complexity index is 856. The van der Waals surface area contributed by atoms with Crippen molar-refractivity contribution in [1.29, 1.82) is 0 Å². The zero-order valence-electron chi connectivity index (χ0n) is 19.1. The van der Waals surface area contributed by atoms with Gasteiger partial charge >= 0.3 is 6.03 Å². The van der Waals surface area contributed by atoms with E-state index in [4.69, 9.17) is 4.74 Å². The predicted octanol–water partition coefficient (Wildman–Crippen LogP) is 1.81. The lowest BCUT2D eigenvalue weighted by Gasteiger charge is -2.36. The first-order valence-electron chi connectivity index (χ1n) is 11.5. The van der Waals surface area contributed by atoms with Crippen molar-refractivity contribution >= 4 is 23.7 Å². The fourth-order valence-electron chi connectivity index (χ4n) is 4.89. The number of pyridine rings is 1. The number of aromatic nitrogens is 1. The maximum Gasteiger partial charge on any atom is 0.325 e. The molecule has 3 heterocycles. The molecular formula is C23H33N5O4. The monoisotopic (exact) mass is 443 g/mol. The van der Waals surface area contributed by atoms with Crippen LogP contribution >= 0.6 is 0 Å². The summed E-state index contributed by atoms with van der Waals surface area (Å²) in [4.78, 5) is 45.5. The van der Waals surface area contributed by atoms with Crippen LogP contribution in [-0.2, 0) is 20.9 Å². The number of hydrogen-bond donors (Lipinski definition) is 2. The van der Waals surface area contributed by atoms with Crippen LogP contribution in [0.3, 0.4) is 0 Å². The van der Waals surface area contributed by atoms with E-state index in [0.29, 0.717) is 18.8 Å². The molecule has 32 heavy (non-hydrogen) atoms. The molecule has 1 spiro atoms. The lowest BCUT2D eigenvalue weighted by molar-refractivity contribution is -0.136.